The van der Waals surface area contributed by atoms with E-state index in [4.69, 9.17) is 16.3 Å². The third-order valence-corrected chi connectivity index (χ3v) is 5.73. The minimum absolute atomic E-state index is 0.000579. The van der Waals surface area contributed by atoms with Gasteiger partial charge in [-0.25, -0.2) is 8.42 Å². The summed E-state index contributed by atoms with van der Waals surface area (Å²) in [4.78, 5) is 13.7. The van der Waals surface area contributed by atoms with Crippen molar-refractivity contribution in [1.82, 2.24) is 0 Å². The van der Waals surface area contributed by atoms with Crippen LogP contribution in [0.4, 0.5) is 11.4 Å². The maximum atomic E-state index is 12.5. The molecule has 6 nitrogen and oxygen atoms in total. The van der Waals surface area contributed by atoms with E-state index >= 15 is 0 Å². The Balaban J connectivity index is 1.85. The van der Waals surface area contributed by atoms with Crippen LogP contribution < -0.4 is 14.4 Å². The molecule has 2 aromatic rings. The summed E-state index contributed by atoms with van der Waals surface area (Å²) in [5.74, 6) is 0.283. The largest absolute Gasteiger partial charge is 0.495 e. The zero-order chi connectivity index (χ0) is 18.7. The van der Waals surface area contributed by atoms with E-state index in [-0.39, 0.29) is 11.7 Å². The van der Waals surface area contributed by atoms with Crippen LogP contribution in [0.1, 0.15) is 18.4 Å². The number of ether oxygens (including phenoxy) is 1. The molecule has 26 heavy (non-hydrogen) atoms. The Hall–Kier alpha value is -2.25. The average molecular weight is 395 g/mol. The summed E-state index contributed by atoms with van der Waals surface area (Å²) in [7, 11) is -2.15. The van der Waals surface area contributed by atoms with Crippen LogP contribution >= 0.6 is 11.6 Å². The molecule has 0 atom stereocenters. The molecular formula is C18H19ClN2O4S. The van der Waals surface area contributed by atoms with Crippen molar-refractivity contribution in [3.8, 4) is 5.75 Å². The number of carbonyl (C=O) groups is 1. The first kappa shape index (κ1) is 18.5. The highest BCUT2D eigenvalue weighted by atomic mass is 35.5. The fourth-order valence-corrected chi connectivity index (χ4v) is 4.40. The van der Waals surface area contributed by atoms with E-state index in [9.17, 15) is 13.2 Å². The molecule has 0 aliphatic carbocycles. The standard InChI is InChI=1S/C18H19ClN2O4S/c1-25-17-9-8-14(11-16(17)21-10-4-7-18(21)22)20-26(23,24)12-13-5-2-3-6-15(13)19/h2-3,5-6,8-9,11,20H,4,7,10,12H2,1H3. The van der Waals surface area contributed by atoms with Crippen LogP contribution in [0, 0.1) is 0 Å². The van der Waals surface area contributed by atoms with Gasteiger partial charge in [0.1, 0.15) is 5.75 Å². The van der Waals surface area contributed by atoms with Gasteiger partial charge >= 0.3 is 0 Å². The first-order chi connectivity index (χ1) is 12.4. The summed E-state index contributed by atoms with van der Waals surface area (Å²) in [6, 6.07) is 11.7. The molecule has 1 saturated heterocycles. The minimum Gasteiger partial charge on any atom is -0.495 e. The lowest BCUT2D eigenvalue weighted by atomic mass is 10.2. The number of anilines is 2. The predicted octanol–water partition coefficient (Wildman–Crippen LogP) is 3.42. The van der Waals surface area contributed by atoms with Crippen molar-refractivity contribution in [1.29, 1.82) is 0 Å². The van der Waals surface area contributed by atoms with Gasteiger partial charge < -0.3 is 9.64 Å². The van der Waals surface area contributed by atoms with Crippen LogP contribution in [-0.2, 0) is 20.6 Å². The zero-order valence-electron chi connectivity index (χ0n) is 14.2. The molecule has 0 spiro atoms. The smallest absolute Gasteiger partial charge is 0.236 e. The van der Waals surface area contributed by atoms with Crippen molar-refractivity contribution in [2.24, 2.45) is 0 Å². The summed E-state index contributed by atoms with van der Waals surface area (Å²) < 4.78 is 32.8. The van der Waals surface area contributed by atoms with E-state index < -0.39 is 10.0 Å². The molecule has 1 N–H and O–H groups in total. The molecule has 1 heterocycles. The molecule has 138 valence electrons. The lowest BCUT2D eigenvalue weighted by molar-refractivity contribution is -0.117. The zero-order valence-corrected chi connectivity index (χ0v) is 15.8. The molecule has 0 aromatic heterocycles. The summed E-state index contributed by atoms with van der Waals surface area (Å²) in [5.41, 5.74) is 1.45. The molecule has 0 unspecified atom stereocenters. The van der Waals surface area contributed by atoms with Gasteiger partial charge in [-0.2, -0.15) is 0 Å². The van der Waals surface area contributed by atoms with E-state index in [0.717, 1.165) is 6.42 Å². The lowest BCUT2D eigenvalue weighted by Gasteiger charge is -2.20. The molecule has 1 amide bonds. The number of benzene rings is 2. The Kier molecular flexibility index (Phi) is 5.38. The topological polar surface area (TPSA) is 75.7 Å². The number of sulfonamides is 1. The first-order valence-electron chi connectivity index (χ1n) is 8.12. The fourth-order valence-electron chi connectivity index (χ4n) is 2.90. The van der Waals surface area contributed by atoms with Gasteiger partial charge in [0.25, 0.3) is 0 Å². The summed E-state index contributed by atoms with van der Waals surface area (Å²) in [6.07, 6.45) is 1.25. The minimum atomic E-state index is -3.66. The number of carbonyl (C=O) groups excluding carboxylic acids is 1. The van der Waals surface area contributed by atoms with E-state index in [2.05, 4.69) is 4.72 Å². The summed E-state index contributed by atoms with van der Waals surface area (Å²) in [6.45, 7) is 0.588. The number of amides is 1. The molecule has 3 rings (SSSR count). The molecule has 1 aliphatic heterocycles. The van der Waals surface area contributed by atoms with Gasteiger partial charge in [-0.1, -0.05) is 29.8 Å². The molecule has 8 heteroatoms. The van der Waals surface area contributed by atoms with Crippen molar-refractivity contribution in [2.45, 2.75) is 18.6 Å². The SMILES string of the molecule is COc1ccc(NS(=O)(=O)Cc2ccccc2Cl)cc1N1CCCC1=O. The molecule has 1 aliphatic rings. The van der Waals surface area contributed by atoms with E-state index in [1.54, 1.807) is 47.4 Å². The Morgan fingerprint density at radius 3 is 2.65 bits per heavy atom. The van der Waals surface area contributed by atoms with E-state index in [1.807, 2.05) is 0 Å². The van der Waals surface area contributed by atoms with Gasteiger partial charge in [-0.15, -0.1) is 0 Å². The number of halogens is 1. The highest BCUT2D eigenvalue weighted by Crippen LogP contribution is 2.34. The molecule has 0 saturated carbocycles. The van der Waals surface area contributed by atoms with Gasteiger partial charge in [0.15, 0.2) is 0 Å². The lowest BCUT2D eigenvalue weighted by Crippen LogP contribution is -2.24. The fraction of sp³-hybridized carbons (Fsp3) is 0.278. The number of hydrogen-bond donors (Lipinski definition) is 1. The Morgan fingerprint density at radius 1 is 1.23 bits per heavy atom. The number of rotatable bonds is 6. The number of nitrogens with one attached hydrogen (secondary N) is 1. The van der Waals surface area contributed by atoms with E-state index in [1.165, 1.54) is 7.11 Å². The van der Waals surface area contributed by atoms with Crippen LogP contribution in [0.3, 0.4) is 0 Å². The molecular weight excluding hydrogens is 376 g/mol. The van der Waals surface area contributed by atoms with E-state index in [0.29, 0.717) is 40.7 Å². The maximum Gasteiger partial charge on any atom is 0.236 e. The molecule has 0 bridgehead atoms. The number of methoxy groups -OCH3 is 1. The van der Waals surface area contributed by atoms with Gasteiger partial charge in [-0.05, 0) is 36.2 Å². The van der Waals surface area contributed by atoms with Gasteiger partial charge in [0, 0.05) is 18.0 Å². The number of hydrogen-bond acceptors (Lipinski definition) is 4. The maximum absolute atomic E-state index is 12.5. The third-order valence-electron chi connectivity index (χ3n) is 4.12. The van der Waals surface area contributed by atoms with Gasteiger partial charge in [-0.3, -0.25) is 9.52 Å². The second kappa shape index (κ2) is 7.55. The van der Waals surface area contributed by atoms with Crippen LogP contribution in [0.15, 0.2) is 42.5 Å². The summed E-state index contributed by atoms with van der Waals surface area (Å²) in [5, 5.41) is 0.399. The van der Waals surface area contributed by atoms with Gasteiger partial charge in [0.2, 0.25) is 15.9 Å². The highest BCUT2D eigenvalue weighted by molar-refractivity contribution is 7.91. The number of nitrogens with zero attached hydrogens (tertiary/aromatic N) is 1. The predicted molar refractivity (Wildman–Crippen MR) is 102 cm³/mol. The Bertz CT molecular complexity index is 931. The Morgan fingerprint density at radius 2 is 2.00 bits per heavy atom. The monoisotopic (exact) mass is 394 g/mol. The van der Waals surface area contributed by atoms with Crippen LogP contribution in [0.25, 0.3) is 0 Å². The molecule has 2 aromatic carbocycles. The summed E-state index contributed by atoms with van der Waals surface area (Å²) >= 11 is 6.05. The second-order valence-electron chi connectivity index (χ2n) is 5.99. The average Bonchev–Trinajstić information content (AvgIpc) is 3.02. The quantitative estimate of drug-likeness (QED) is 0.814. The van der Waals surface area contributed by atoms with Crippen molar-refractivity contribution >= 4 is 38.9 Å². The van der Waals surface area contributed by atoms with Crippen LogP contribution in [0.5, 0.6) is 5.75 Å². The normalized spacial score (nSPS) is 14.5. The molecule has 0 radical (unpaired) electrons. The van der Waals surface area contributed by atoms with Crippen LogP contribution in [-0.4, -0.2) is 28.0 Å². The second-order valence-corrected chi connectivity index (χ2v) is 8.12. The van der Waals surface area contributed by atoms with Crippen molar-refractivity contribution in [3.05, 3.63) is 53.1 Å². The van der Waals surface area contributed by atoms with Crippen molar-refractivity contribution < 1.29 is 17.9 Å². The molecule has 1 fully saturated rings. The van der Waals surface area contributed by atoms with Crippen molar-refractivity contribution in [3.63, 3.8) is 0 Å². The highest BCUT2D eigenvalue weighted by Gasteiger charge is 2.25. The van der Waals surface area contributed by atoms with Crippen molar-refractivity contribution in [2.75, 3.05) is 23.3 Å². The Labute approximate surface area is 157 Å². The van der Waals surface area contributed by atoms with Crippen LogP contribution in [0.2, 0.25) is 5.02 Å². The third kappa shape index (κ3) is 4.11. The first-order valence-corrected chi connectivity index (χ1v) is 10.1. The van der Waals surface area contributed by atoms with Gasteiger partial charge in [0.05, 0.1) is 24.2 Å².